The normalized spacial score (nSPS) is 15.7. The maximum Gasteiger partial charge on any atom is 0.219 e. The molecule has 8 heteroatoms. The van der Waals surface area contributed by atoms with E-state index in [2.05, 4.69) is 14.9 Å². The topological polar surface area (TPSA) is 58.0 Å². The van der Waals surface area contributed by atoms with Gasteiger partial charge in [0.15, 0.2) is 0 Å². The fraction of sp³-hybridized carbons (Fsp3) is 0.348. The molecule has 3 rings (SSSR count). The molecule has 2 aromatic rings. The zero-order valence-electron chi connectivity index (χ0n) is 17.9. The van der Waals surface area contributed by atoms with Crippen LogP contribution < -0.4 is 14.5 Å². The molecule has 1 amide bonds. The zero-order chi connectivity index (χ0) is 22.4. The van der Waals surface area contributed by atoms with E-state index in [1.165, 1.54) is 17.0 Å². The Morgan fingerprint density at radius 2 is 2.06 bits per heavy atom. The number of piperidine rings is 1. The first-order valence-corrected chi connectivity index (χ1v) is 10.5. The summed E-state index contributed by atoms with van der Waals surface area (Å²) >= 11 is 6.51. The van der Waals surface area contributed by atoms with Crippen molar-refractivity contribution in [2.24, 2.45) is 4.99 Å². The number of anilines is 2. The summed E-state index contributed by atoms with van der Waals surface area (Å²) in [4.78, 5) is 24.0. The molecule has 1 fully saturated rings. The molecule has 164 valence electrons. The van der Waals surface area contributed by atoms with Crippen molar-refractivity contribution in [3.63, 3.8) is 0 Å². The lowest BCUT2D eigenvalue weighted by molar-refractivity contribution is -0.106. The van der Waals surface area contributed by atoms with E-state index in [1.807, 2.05) is 19.9 Å². The molecule has 1 aromatic carbocycles. The third kappa shape index (κ3) is 5.82. The van der Waals surface area contributed by atoms with Crippen molar-refractivity contribution < 1.29 is 13.9 Å². The predicted molar refractivity (Wildman–Crippen MR) is 123 cm³/mol. The van der Waals surface area contributed by atoms with Gasteiger partial charge in [0.1, 0.15) is 29.3 Å². The average Bonchev–Trinajstić information content (AvgIpc) is 2.75. The van der Waals surface area contributed by atoms with Crippen LogP contribution in [0.3, 0.4) is 0 Å². The first-order chi connectivity index (χ1) is 14.9. The number of aliphatic imine (C=N–C) groups is 1. The van der Waals surface area contributed by atoms with E-state index in [9.17, 15) is 9.18 Å². The van der Waals surface area contributed by atoms with Gasteiger partial charge in [0.25, 0.3) is 0 Å². The van der Waals surface area contributed by atoms with Crippen LogP contribution in [0.1, 0.15) is 33.6 Å². The summed E-state index contributed by atoms with van der Waals surface area (Å²) in [7, 11) is 0. The molecule has 0 radical (unpaired) electrons. The largest absolute Gasteiger partial charge is 0.490 e. The number of allylic oxidation sites excluding steroid dienone is 2. The highest BCUT2D eigenvalue weighted by molar-refractivity contribution is 6.33. The first-order valence-electron chi connectivity index (χ1n) is 10.2. The minimum atomic E-state index is -0.309. The number of benzene rings is 1. The van der Waals surface area contributed by atoms with Gasteiger partial charge in [-0.25, -0.2) is 14.4 Å². The van der Waals surface area contributed by atoms with Crippen LogP contribution in [0.25, 0.3) is 0 Å². The molecule has 1 aromatic heterocycles. The lowest BCUT2D eigenvalue weighted by atomic mass is 10.1. The summed E-state index contributed by atoms with van der Waals surface area (Å²) in [5, 5.41) is 0.462. The molecule has 0 spiro atoms. The molecule has 1 saturated heterocycles. The number of pyridine rings is 1. The molecule has 2 heterocycles. The number of carbonyl (C=O) groups is 1. The quantitative estimate of drug-likeness (QED) is 0.348. The Morgan fingerprint density at radius 3 is 2.68 bits per heavy atom. The summed E-state index contributed by atoms with van der Waals surface area (Å²) < 4.78 is 19.2. The van der Waals surface area contributed by atoms with Crippen LogP contribution in [-0.4, -0.2) is 36.4 Å². The number of amidine groups is 1. The minimum absolute atomic E-state index is 0.00961. The highest BCUT2D eigenvalue weighted by Gasteiger charge is 2.24. The molecule has 0 N–H and O–H groups in total. The highest BCUT2D eigenvalue weighted by atomic mass is 35.5. The molecule has 0 saturated carbocycles. The number of aromatic nitrogens is 1. The number of hydrogen-bond acceptors (Lipinski definition) is 5. The molecule has 0 unspecified atom stereocenters. The second kappa shape index (κ2) is 10.4. The van der Waals surface area contributed by atoms with Crippen LogP contribution in [0.5, 0.6) is 5.75 Å². The van der Waals surface area contributed by atoms with Crippen molar-refractivity contribution in [1.82, 2.24) is 4.98 Å². The predicted octanol–water partition coefficient (Wildman–Crippen LogP) is 5.23. The fourth-order valence-electron chi connectivity index (χ4n) is 3.40. The van der Waals surface area contributed by atoms with Crippen LogP contribution in [0.2, 0.25) is 5.02 Å². The van der Waals surface area contributed by atoms with Crippen molar-refractivity contribution in [2.75, 3.05) is 22.9 Å². The lowest BCUT2D eigenvalue weighted by Gasteiger charge is -2.33. The summed E-state index contributed by atoms with van der Waals surface area (Å²) in [6.45, 7) is 6.93. The number of amides is 1. The number of hydrogen-bond donors (Lipinski definition) is 0. The Bertz CT molecular complexity index is 987. The van der Waals surface area contributed by atoms with E-state index in [-0.39, 0.29) is 11.9 Å². The van der Waals surface area contributed by atoms with E-state index in [1.54, 1.807) is 31.3 Å². The number of halogens is 2. The Morgan fingerprint density at radius 1 is 1.32 bits per heavy atom. The van der Waals surface area contributed by atoms with Crippen molar-refractivity contribution in [1.29, 1.82) is 0 Å². The van der Waals surface area contributed by atoms with Gasteiger partial charge in [0.05, 0.1) is 16.9 Å². The fourth-order valence-corrected chi connectivity index (χ4v) is 3.68. The van der Waals surface area contributed by atoms with Gasteiger partial charge in [-0.1, -0.05) is 23.7 Å². The van der Waals surface area contributed by atoms with E-state index in [4.69, 9.17) is 16.3 Å². The third-order valence-corrected chi connectivity index (χ3v) is 5.41. The van der Waals surface area contributed by atoms with Crippen LogP contribution in [0, 0.1) is 5.82 Å². The zero-order valence-corrected chi connectivity index (χ0v) is 18.6. The standard InChI is InChI=1S/C23H26ClFN4O2/c1-4-16(2)27-17(3)29(15-30)19-13-22(24)23(26-14-19)28-10-8-20(9-11-28)31-21-7-5-6-18(25)12-21/h4-7,12-15,20H,8-11H2,1-3H3/b16-4-,27-17-. The molecular weight excluding hydrogens is 419 g/mol. The van der Waals surface area contributed by atoms with Gasteiger partial charge in [0.2, 0.25) is 6.41 Å². The van der Waals surface area contributed by atoms with Crippen molar-refractivity contribution in [3.05, 3.63) is 59.1 Å². The smallest absolute Gasteiger partial charge is 0.219 e. The summed E-state index contributed by atoms with van der Waals surface area (Å²) in [6.07, 6.45) is 5.73. The number of rotatable bonds is 6. The minimum Gasteiger partial charge on any atom is -0.490 e. The molecule has 1 aliphatic heterocycles. The van der Waals surface area contributed by atoms with Crippen molar-refractivity contribution in [2.45, 2.75) is 39.7 Å². The van der Waals surface area contributed by atoms with E-state index < -0.39 is 0 Å². The number of ether oxygens (including phenoxy) is 1. The van der Waals surface area contributed by atoms with Gasteiger partial charge in [-0.15, -0.1) is 0 Å². The van der Waals surface area contributed by atoms with Crippen LogP contribution >= 0.6 is 11.6 Å². The summed E-state index contributed by atoms with van der Waals surface area (Å²) in [5.41, 5.74) is 1.36. The highest BCUT2D eigenvalue weighted by Crippen LogP contribution is 2.30. The molecule has 0 aliphatic carbocycles. The summed E-state index contributed by atoms with van der Waals surface area (Å²) in [6, 6.07) is 7.91. The molecule has 0 atom stereocenters. The Hall–Kier alpha value is -2.93. The lowest BCUT2D eigenvalue weighted by Crippen LogP contribution is -2.39. The van der Waals surface area contributed by atoms with Gasteiger partial charge in [-0.2, -0.15) is 0 Å². The molecule has 1 aliphatic rings. The van der Waals surface area contributed by atoms with Crippen LogP contribution in [0.15, 0.2) is 53.3 Å². The van der Waals surface area contributed by atoms with Crippen LogP contribution in [-0.2, 0) is 4.79 Å². The van der Waals surface area contributed by atoms with E-state index in [0.717, 1.165) is 18.5 Å². The number of carbonyl (C=O) groups excluding carboxylic acids is 1. The maximum absolute atomic E-state index is 13.3. The van der Waals surface area contributed by atoms with Crippen molar-refractivity contribution >= 4 is 35.4 Å². The molecule has 6 nitrogen and oxygen atoms in total. The monoisotopic (exact) mass is 444 g/mol. The average molecular weight is 445 g/mol. The van der Waals surface area contributed by atoms with Gasteiger partial charge < -0.3 is 9.64 Å². The Kier molecular flexibility index (Phi) is 7.63. The van der Waals surface area contributed by atoms with Gasteiger partial charge in [0, 0.05) is 37.7 Å². The maximum atomic E-state index is 13.3. The van der Waals surface area contributed by atoms with Crippen LogP contribution in [0.4, 0.5) is 15.9 Å². The number of nitrogens with zero attached hydrogens (tertiary/aromatic N) is 4. The summed E-state index contributed by atoms with van der Waals surface area (Å²) in [5.74, 6) is 1.43. The molecule has 0 bridgehead atoms. The molecule has 31 heavy (non-hydrogen) atoms. The molecular formula is C23H26ClFN4O2. The van der Waals surface area contributed by atoms with Gasteiger partial charge in [-0.05, 0) is 39.0 Å². The van der Waals surface area contributed by atoms with Gasteiger partial charge >= 0.3 is 0 Å². The third-order valence-electron chi connectivity index (χ3n) is 5.14. The van der Waals surface area contributed by atoms with Gasteiger partial charge in [-0.3, -0.25) is 9.69 Å². The van der Waals surface area contributed by atoms with E-state index >= 15 is 0 Å². The second-order valence-corrected chi connectivity index (χ2v) is 7.73. The Balaban J connectivity index is 1.66. The van der Waals surface area contributed by atoms with E-state index in [0.29, 0.717) is 47.6 Å². The second-order valence-electron chi connectivity index (χ2n) is 7.33. The van der Waals surface area contributed by atoms with Crippen molar-refractivity contribution in [3.8, 4) is 5.75 Å². The Labute approximate surface area is 187 Å². The first kappa shape index (κ1) is 22.7. The SMILES string of the molecule is C/C=C(C)\N=C(\C)N(C=O)c1cnc(N2CCC(Oc3cccc(F)c3)CC2)c(Cl)c1.